The number of pyridine rings is 1. The summed E-state index contributed by atoms with van der Waals surface area (Å²) >= 11 is 6.11. The van der Waals surface area contributed by atoms with Gasteiger partial charge in [0.05, 0.1) is 23.7 Å². The number of nitrogens with one attached hydrogen (secondary N) is 1. The van der Waals surface area contributed by atoms with Gasteiger partial charge in [0.2, 0.25) is 5.95 Å². The van der Waals surface area contributed by atoms with Crippen molar-refractivity contribution in [3.63, 3.8) is 0 Å². The van der Waals surface area contributed by atoms with Gasteiger partial charge >= 0.3 is 12.0 Å². The van der Waals surface area contributed by atoms with Gasteiger partial charge < -0.3 is 15.0 Å². The number of amides is 2. The van der Waals surface area contributed by atoms with Crippen LogP contribution in [0, 0.1) is 5.95 Å². The first-order valence-electron chi connectivity index (χ1n) is 8.60. The summed E-state index contributed by atoms with van der Waals surface area (Å²) in [5, 5.41) is 3.02. The third-order valence-corrected chi connectivity index (χ3v) is 5.51. The highest BCUT2D eigenvalue weighted by molar-refractivity contribution is 6.34. The lowest BCUT2D eigenvalue weighted by atomic mass is 9.95. The third kappa shape index (κ3) is 3.02. The number of halogens is 2. The first-order valence-corrected chi connectivity index (χ1v) is 8.98. The zero-order valence-electron chi connectivity index (χ0n) is 14.5. The number of aromatic nitrogens is 1. The number of methoxy groups -OCH3 is 1. The monoisotopic (exact) mass is 389 g/mol. The van der Waals surface area contributed by atoms with Crippen molar-refractivity contribution < 1.29 is 18.7 Å². The molecule has 2 aliphatic heterocycles. The molecule has 2 atom stereocenters. The zero-order chi connectivity index (χ0) is 19.1. The van der Waals surface area contributed by atoms with E-state index < -0.39 is 11.9 Å². The van der Waals surface area contributed by atoms with E-state index in [1.807, 2.05) is 0 Å². The molecule has 4 rings (SSSR count). The minimum absolute atomic E-state index is 0.0639. The molecular formula is C19H17ClFN3O3. The molecule has 3 heterocycles. The molecule has 0 unspecified atom stereocenters. The van der Waals surface area contributed by atoms with Crippen LogP contribution in [-0.4, -0.2) is 35.0 Å². The molecule has 2 amide bonds. The first kappa shape index (κ1) is 17.7. The number of urea groups is 1. The molecule has 1 N–H and O–H groups in total. The van der Waals surface area contributed by atoms with E-state index in [1.54, 1.807) is 17.0 Å². The average Bonchev–Trinajstić information content (AvgIpc) is 2.97. The highest BCUT2D eigenvalue weighted by Crippen LogP contribution is 2.44. The second-order valence-electron chi connectivity index (χ2n) is 6.64. The largest absolute Gasteiger partial charge is 0.465 e. The molecule has 0 saturated carbocycles. The van der Waals surface area contributed by atoms with Gasteiger partial charge in [0.25, 0.3) is 0 Å². The standard InChI is InChI=1S/C19H17ClFN3O3/c1-27-18(25)13-4-2-10(8-15(13)20)23-19(26)24-11-3-5-16(24)12-6-7-22-17(21)14(12)9-11/h2,4,6-8,11,16H,3,5,9H2,1H3,(H,23,26)/t11-,16+/m1/s1. The highest BCUT2D eigenvalue weighted by atomic mass is 35.5. The molecule has 1 saturated heterocycles. The van der Waals surface area contributed by atoms with Crippen LogP contribution in [0.25, 0.3) is 0 Å². The lowest BCUT2D eigenvalue weighted by molar-refractivity contribution is 0.0601. The number of esters is 1. The van der Waals surface area contributed by atoms with Crippen molar-refractivity contribution in [2.45, 2.75) is 31.3 Å². The van der Waals surface area contributed by atoms with Gasteiger partial charge in [-0.1, -0.05) is 11.6 Å². The van der Waals surface area contributed by atoms with Gasteiger partial charge in [-0.2, -0.15) is 4.39 Å². The second-order valence-corrected chi connectivity index (χ2v) is 7.05. The van der Waals surface area contributed by atoms with E-state index in [9.17, 15) is 14.0 Å². The van der Waals surface area contributed by atoms with Crippen LogP contribution in [-0.2, 0) is 11.2 Å². The van der Waals surface area contributed by atoms with Crippen LogP contribution in [0.15, 0.2) is 30.5 Å². The SMILES string of the molecule is COC(=O)c1ccc(NC(=O)N2[C@@H]3CC[C@H]2c2ccnc(F)c2C3)cc1Cl. The maximum atomic E-state index is 14.0. The van der Waals surface area contributed by atoms with Crippen molar-refractivity contribution >= 4 is 29.3 Å². The molecule has 2 aromatic rings. The lowest BCUT2D eigenvalue weighted by Gasteiger charge is -2.36. The fourth-order valence-corrected chi connectivity index (χ4v) is 4.24. The molecule has 1 aromatic heterocycles. The molecule has 140 valence electrons. The summed E-state index contributed by atoms with van der Waals surface area (Å²) in [6.45, 7) is 0. The normalized spacial score (nSPS) is 20.2. The smallest absolute Gasteiger partial charge is 0.339 e. The molecule has 0 spiro atoms. The zero-order valence-corrected chi connectivity index (χ0v) is 15.3. The minimum atomic E-state index is -0.542. The van der Waals surface area contributed by atoms with Crippen molar-refractivity contribution in [1.82, 2.24) is 9.88 Å². The molecule has 1 aromatic carbocycles. The van der Waals surface area contributed by atoms with E-state index in [1.165, 1.54) is 25.4 Å². The van der Waals surface area contributed by atoms with Crippen LogP contribution in [0.4, 0.5) is 14.9 Å². The number of carbonyl (C=O) groups excluding carboxylic acids is 2. The molecule has 2 aliphatic rings. The van der Waals surface area contributed by atoms with Crippen LogP contribution >= 0.6 is 11.6 Å². The number of benzene rings is 1. The summed E-state index contributed by atoms with van der Waals surface area (Å²) in [7, 11) is 1.27. The Kier molecular flexibility index (Phi) is 4.47. The van der Waals surface area contributed by atoms with Gasteiger partial charge in [0.15, 0.2) is 0 Å². The molecule has 6 nitrogen and oxygen atoms in total. The van der Waals surface area contributed by atoms with Crippen molar-refractivity contribution in [3.8, 4) is 0 Å². The van der Waals surface area contributed by atoms with Gasteiger partial charge in [-0.15, -0.1) is 0 Å². The minimum Gasteiger partial charge on any atom is -0.465 e. The van der Waals surface area contributed by atoms with E-state index >= 15 is 0 Å². The molecule has 8 heteroatoms. The summed E-state index contributed by atoms with van der Waals surface area (Å²) < 4.78 is 18.7. The molecule has 1 fully saturated rings. The predicted molar refractivity (Wildman–Crippen MR) is 97.3 cm³/mol. The number of hydrogen-bond acceptors (Lipinski definition) is 4. The van der Waals surface area contributed by atoms with E-state index in [-0.39, 0.29) is 28.7 Å². The summed E-state index contributed by atoms with van der Waals surface area (Å²) in [5.74, 6) is -0.992. The van der Waals surface area contributed by atoms with E-state index in [4.69, 9.17) is 11.6 Å². The molecular weight excluding hydrogens is 373 g/mol. The summed E-state index contributed by atoms with van der Waals surface area (Å²) in [5.41, 5.74) is 2.14. The van der Waals surface area contributed by atoms with Crippen LogP contribution < -0.4 is 5.32 Å². The maximum absolute atomic E-state index is 14.0. The van der Waals surface area contributed by atoms with Crippen molar-refractivity contribution in [2.75, 3.05) is 12.4 Å². The molecule has 0 radical (unpaired) electrons. The summed E-state index contributed by atoms with van der Waals surface area (Å²) in [6.07, 6.45) is 3.50. The van der Waals surface area contributed by atoms with Crippen LogP contribution in [0.2, 0.25) is 5.02 Å². The lowest BCUT2D eigenvalue weighted by Crippen LogP contribution is -2.44. The van der Waals surface area contributed by atoms with Crippen molar-refractivity contribution in [3.05, 3.63) is 58.1 Å². The number of nitrogens with zero attached hydrogens (tertiary/aromatic N) is 2. The van der Waals surface area contributed by atoms with Gasteiger partial charge in [-0.05, 0) is 49.1 Å². The Morgan fingerprint density at radius 1 is 1.33 bits per heavy atom. The van der Waals surface area contributed by atoms with E-state index in [2.05, 4.69) is 15.0 Å². The number of anilines is 1. The van der Waals surface area contributed by atoms with E-state index in [0.29, 0.717) is 17.7 Å². The van der Waals surface area contributed by atoms with Crippen molar-refractivity contribution in [1.29, 1.82) is 0 Å². The highest BCUT2D eigenvalue weighted by Gasteiger charge is 2.43. The van der Waals surface area contributed by atoms with Gasteiger partial charge in [-0.3, -0.25) is 0 Å². The van der Waals surface area contributed by atoms with Crippen LogP contribution in [0.3, 0.4) is 0 Å². The Bertz CT molecular complexity index is 936. The Morgan fingerprint density at radius 2 is 2.15 bits per heavy atom. The van der Waals surface area contributed by atoms with Gasteiger partial charge in [0.1, 0.15) is 0 Å². The van der Waals surface area contributed by atoms with E-state index in [0.717, 1.165) is 18.4 Å². The second kappa shape index (κ2) is 6.81. The van der Waals surface area contributed by atoms with Crippen molar-refractivity contribution in [2.24, 2.45) is 0 Å². The molecule has 0 aliphatic carbocycles. The number of rotatable bonds is 2. The Labute approximate surface area is 160 Å². The fraction of sp³-hybridized carbons (Fsp3) is 0.316. The predicted octanol–water partition coefficient (Wildman–Crippen LogP) is 3.95. The topological polar surface area (TPSA) is 71.5 Å². The van der Waals surface area contributed by atoms with Crippen LogP contribution in [0.1, 0.15) is 40.4 Å². The Balaban J connectivity index is 1.56. The van der Waals surface area contributed by atoms with Gasteiger partial charge in [0, 0.05) is 23.5 Å². The number of ether oxygens (including phenoxy) is 1. The summed E-state index contributed by atoms with van der Waals surface area (Å²) in [6, 6.07) is 5.89. The Morgan fingerprint density at radius 3 is 2.89 bits per heavy atom. The first-order chi connectivity index (χ1) is 13.0. The van der Waals surface area contributed by atoms with Gasteiger partial charge in [-0.25, -0.2) is 14.6 Å². The quantitative estimate of drug-likeness (QED) is 0.623. The Hall–Kier alpha value is -2.67. The maximum Gasteiger partial charge on any atom is 0.339 e. The fourth-order valence-electron chi connectivity index (χ4n) is 3.98. The number of carbonyl (C=O) groups is 2. The number of fused-ring (bicyclic) bond motifs is 4. The summed E-state index contributed by atoms with van der Waals surface area (Å²) in [4.78, 5) is 30.0. The van der Waals surface area contributed by atoms with Crippen LogP contribution in [0.5, 0.6) is 0 Å². The average molecular weight is 390 g/mol. The third-order valence-electron chi connectivity index (χ3n) is 5.20. The molecule has 27 heavy (non-hydrogen) atoms. The molecule has 2 bridgehead atoms. The number of hydrogen-bond donors (Lipinski definition) is 1.